The van der Waals surface area contributed by atoms with E-state index in [4.69, 9.17) is 14.7 Å². The Morgan fingerprint density at radius 1 is 1.13 bits per heavy atom. The van der Waals surface area contributed by atoms with Crippen molar-refractivity contribution in [1.82, 2.24) is 0 Å². The van der Waals surface area contributed by atoms with Gasteiger partial charge in [-0.1, -0.05) is 32.3 Å². The summed E-state index contributed by atoms with van der Waals surface area (Å²) < 4.78 is 25.4. The third-order valence-corrected chi connectivity index (χ3v) is 5.44. The molecule has 0 bridgehead atoms. The fourth-order valence-electron chi connectivity index (χ4n) is 3.82. The molecule has 0 radical (unpaired) electrons. The molecule has 4 heteroatoms. The molecule has 1 aliphatic carbocycles. The highest BCUT2D eigenvalue weighted by molar-refractivity contribution is 5.33. The van der Waals surface area contributed by atoms with E-state index in [1.807, 2.05) is 6.07 Å². The summed E-state index contributed by atoms with van der Waals surface area (Å²) in [6, 6.07) is 6.36. The van der Waals surface area contributed by atoms with Crippen LogP contribution >= 0.6 is 0 Å². The fourth-order valence-corrected chi connectivity index (χ4v) is 3.82. The van der Waals surface area contributed by atoms with Crippen molar-refractivity contribution >= 4 is 0 Å². The van der Waals surface area contributed by atoms with Crippen LogP contribution in [0.2, 0.25) is 0 Å². The number of halogens is 1. The summed E-state index contributed by atoms with van der Waals surface area (Å²) in [6.45, 7) is 3.63. The van der Waals surface area contributed by atoms with Crippen molar-refractivity contribution in [2.24, 2.45) is 17.8 Å². The van der Waals surface area contributed by atoms with Crippen LogP contribution in [0.5, 0.6) is 0 Å². The van der Waals surface area contributed by atoms with Crippen molar-refractivity contribution in [3.05, 3.63) is 35.1 Å². The summed E-state index contributed by atoms with van der Waals surface area (Å²) >= 11 is 0. The molecular weight excluding hydrogens is 293 g/mol. The van der Waals surface area contributed by atoms with Crippen molar-refractivity contribution in [3.63, 3.8) is 0 Å². The number of ether oxygens (including phenoxy) is 2. The number of benzene rings is 1. The summed E-state index contributed by atoms with van der Waals surface area (Å²) in [7, 11) is 0. The highest BCUT2D eigenvalue weighted by Crippen LogP contribution is 2.38. The lowest BCUT2D eigenvalue weighted by Crippen LogP contribution is -2.34. The molecule has 0 unspecified atom stereocenters. The van der Waals surface area contributed by atoms with Crippen LogP contribution in [-0.4, -0.2) is 13.2 Å². The highest BCUT2D eigenvalue weighted by atomic mass is 19.1. The fraction of sp³-hybridized carbons (Fsp3) is 0.632. The lowest BCUT2D eigenvalue weighted by Gasteiger charge is -2.37. The Labute approximate surface area is 137 Å². The zero-order valence-corrected chi connectivity index (χ0v) is 13.6. The summed E-state index contributed by atoms with van der Waals surface area (Å²) in [4.78, 5) is 0. The van der Waals surface area contributed by atoms with E-state index >= 15 is 0 Å². The molecule has 1 saturated heterocycles. The van der Waals surface area contributed by atoms with Crippen molar-refractivity contribution in [2.45, 2.75) is 45.3 Å². The van der Waals surface area contributed by atoms with Gasteiger partial charge in [-0.3, -0.25) is 0 Å². The Morgan fingerprint density at radius 3 is 2.39 bits per heavy atom. The quantitative estimate of drug-likeness (QED) is 0.819. The van der Waals surface area contributed by atoms with E-state index in [9.17, 15) is 4.39 Å². The van der Waals surface area contributed by atoms with Gasteiger partial charge in [-0.2, -0.15) is 5.26 Å². The van der Waals surface area contributed by atoms with Crippen LogP contribution in [0.4, 0.5) is 4.39 Å². The van der Waals surface area contributed by atoms with Gasteiger partial charge in [0, 0.05) is 11.5 Å². The SMILES string of the molecule is CC[C@H]1CC[C@H](C2COC(c3ccc(C#N)c(F)c3)OC2)CC1. The predicted molar refractivity (Wildman–Crippen MR) is 85.0 cm³/mol. The van der Waals surface area contributed by atoms with E-state index in [2.05, 4.69) is 6.92 Å². The van der Waals surface area contributed by atoms with Gasteiger partial charge in [-0.05, 0) is 36.8 Å². The monoisotopic (exact) mass is 317 g/mol. The first-order valence-corrected chi connectivity index (χ1v) is 8.64. The minimum atomic E-state index is -0.516. The predicted octanol–water partition coefficient (Wildman–Crippen LogP) is 4.58. The molecule has 0 spiro atoms. The largest absolute Gasteiger partial charge is 0.348 e. The van der Waals surface area contributed by atoms with Gasteiger partial charge >= 0.3 is 0 Å². The van der Waals surface area contributed by atoms with Crippen LogP contribution in [0.25, 0.3) is 0 Å². The lowest BCUT2D eigenvalue weighted by atomic mass is 9.75. The van der Waals surface area contributed by atoms with Gasteiger partial charge in [0.1, 0.15) is 11.9 Å². The number of nitrogens with zero attached hydrogens (tertiary/aromatic N) is 1. The van der Waals surface area contributed by atoms with Crippen molar-refractivity contribution in [1.29, 1.82) is 5.26 Å². The summed E-state index contributed by atoms with van der Waals surface area (Å²) in [5.41, 5.74) is 0.699. The molecule has 1 aromatic carbocycles. The summed E-state index contributed by atoms with van der Waals surface area (Å²) in [5, 5.41) is 8.78. The maximum atomic E-state index is 13.7. The van der Waals surface area contributed by atoms with Crippen LogP contribution < -0.4 is 0 Å². The van der Waals surface area contributed by atoms with E-state index in [1.54, 1.807) is 6.07 Å². The van der Waals surface area contributed by atoms with Gasteiger partial charge in [0.05, 0.1) is 18.8 Å². The van der Waals surface area contributed by atoms with E-state index in [1.165, 1.54) is 44.2 Å². The average molecular weight is 317 g/mol. The van der Waals surface area contributed by atoms with Crippen molar-refractivity contribution in [2.75, 3.05) is 13.2 Å². The molecule has 1 saturated carbocycles. The van der Waals surface area contributed by atoms with Gasteiger partial charge in [-0.25, -0.2) is 4.39 Å². The van der Waals surface area contributed by atoms with Crippen molar-refractivity contribution < 1.29 is 13.9 Å². The zero-order valence-electron chi connectivity index (χ0n) is 13.6. The summed E-state index contributed by atoms with van der Waals surface area (Å²) in [6.07, 6.45) is 5.96. The van der Waals surface area contributed by atoms with Gasteiger partial charge in [0.2, 0.25) is 0 Å². The first-order valence-electron chi connectivity index (χ1n) is 8.64. The molecule has 3 rings (SSSR count). The molecule has 1 heterocycles. The standard InChI is InChI=1S/C19H24FNO2/c1-2-13-3-5-14(6-4-13)17-11-22-19(23-12-17)15-7-8-16(10-21)18(20)9-15/h7-9,13-14,17,19H,2-6,11-12H2,1H3/t13-,14-,17?,19?. The number of hydrogen-bond acceptors (Lipinski definition) is 3. The third kappa shape index (κ3) is 3.73. The molecule has 1 aliphatic heterocycles. The molecule has 0 atom stereocenters. The molecule has 1 aromatic rings. The Bertz CT molecular complexity index is 567. The normalized spacial score (nSPS) is 31.5. The maximum Gasteiger partial charge on any atom is 0.183 e. The number of hydrogen-bond donors (Lipinski definition) is 0. The lowest BCUT2D eigenvalue weighted by molar-refractivity contribution is -0.214. The Balaban J connectivity index is 1.54. The second kappa shape index (κ2) is 7.42. The van der Waals surface area contributed by atoms with E-state index < -0.39 is 12.1 Å². The summed E-state index contributed by atoms with van der Waals surface area (Å²) in [5.74, 6) is 1.52. The first-order chi connectivity index (χ1) is 11.2. The van der Waals surface area contributed by atoms with Crippen LogP contribution in [-0.2, 0) is 9.47 Å². The van der Waals surface area contributed by atoms with Gasteiger partial charge < -0.3 is 9.47 Å². The molecule has 2 aliphatic rings. The molecule has 3 nitrogen and oxygen atoms in total. The number of nitriles is 1. The second-order valence-electron chi connectivity index (χ2n) is 6.80. The molecule has 0 N–H and O–H groups in total. The average Bonchev–Trinajstić information content (AvgIpc) is 2.62. The highest BCUT2D eigenvalue weighted by Gasteiger charge is 2.32. The smallest absolute Gasteiger partial charge is 0.183 e. The topological polar surface area (TPSA) is 42.2 Å². The van der Waals surface area contributed by atoms with Gasteiger partial charge in [-0.15, -0.1) is 0 Å². The molecule has 0 aromatic heterocycles. The molecule has 0 amide bonds. The third-order valence-electron chi connectivity index (χ3n) is 5.44. The van der Waals surface area contributed by atoms with Crippen LogP contribution in [0.15, 0.2) is 18.2 Å². The van der Waals surface area contributed by atoms with E-state index in [-0.39, 0.29) is 5.56 Å². The van der Waals surface area contributed by atoms with E-state index in [0.717, 1.165) is 5.92 Å². The zero-order chi connectivity index (χ0) is 16.2. The Hall–Kier alpha value is -1.44. The molecular formula is C19H24FNO2. The van der Waals surface area contributed by atoms with Crippen LogP contribution in [0.1, 0.15) is 56.4 Å². The van der Waals surface area contributed by atoms with E-state index in [0.29, 0.717) is 30.6 Å². The second-order valence-corrected chi connectivity index (χ2v) is 6.80. The molecule has 124 valence electrons. The van der Waals surface area contributed by atoms with Gasteiger partial charge in [0.15, 0.2) is 6.29 Å². The minimum absolute atomic E-state index is 0.0510. The molecule has 2 fully saturated rings. The van der Waals surface area contributed by atoms with Crippen LogP contribution in [0.3, 0.4) is 0 Å². The molecule has 23 heavy (non-hydrogen) atoms. The Kier molecular flexibility index (Phi) is 5.30. The number of rotatable bonds is 3. The van der Waals surface area contributed by atoms with Crippen LogP contribution in [0, 0.1) is 34.9 Å². The van der Waals surface area contributed by atoms with Crippen molar-refractivity contribution in [3.8, 4) is 6.07 Å². The minimum Gasteiger partial charge on any atom is -0.348 e. The maximum absolute atomic E-state index is 13.7. The Morgan fingerprint density at radius 2 is 1.83 bits per heavy atom. The van der Waals surface area contributed by atoms with Gasteiger partial charge in [0.25, 0.3) is 0 Å². The first kappa shape index (κ1) is 16.4.